The Hall–Kier alpha value is -2.84. The van der Waals surface area contributed by atoms with Crippen molar-refractivity contribution in [1.29, 1.82) is 0 Å². The van der Waals surface area contributed by atoms with E-state index in [2.05, 4.69) is 43.8 Å². The minimum Gasteiger partial charge on any atom is -0.352 e. The predicted molar refractivity (Wildman–Crippen MR) is 132 cm³/mol. The number of hydrogen-bond acceptors (Lipinski definition) is 8. The molecule has 0 bridgehead atoms. The largest absolute Gasteiger partial charge is 0.352 e. The Morgan fingerprint density at radius 1 is 0.938 bits per heavy atom. The Morgan fingerprint density at radius 3 is 2.38 bits per heavy atom. The van der Waals surface area contributed by atoms with Crippen molar-refractivity contribution in [2.24, 2.45) is 0 Å². The smallest absolute Gasteiger partial charge is 0.233 e. The molecule has 3 heterocycles. The second-order valence-electron chi connectivity index (χ2n) is 7.35. The predicted octanol–water partition coefficient (Wildman–Crippen LogP) is 4.49. The fourth-order valence-corrected chi connectivity index (χ4v) is 4.05. The summed E-state index contributed by atoms with van der Waals surface area (Å²) in [6, 6.07) is 11.2. The number of nitrogens with one attached hydrogen (secondary N) is 1. The van der Waals surface area contributed by atoms with E-state index in [0.717, 1.165) is 50.8 Å². The second-order valence-corrected chi connectivity index (χ2v) is 8.19. The first-order valence-corrected chi connectivity index (χ1v) is 11.5. The highest BCUT2D eigenvalue weighted by molar-refractivity contribution is 6.33. The molecule has 1 fully saturated rings. The quantitative estimate of drug-likeness (QED) is 0.538. The van der Waals surface area contributed by atoms with Gasteiger partial charge in [-0.3, -0.25) is 0 Å². The molecule has 10 heteroatoms. The van der Waals surface area contributed by atoms with Gasteiger partial charge in [0.15, 0.2) is 0 Å². The molecule has 2 aromatic heterocycles. The zero-order valence-corrected chi connectivity index (χ0v) is 19.7. The number of nitrogens with zero attached hydrogens (tertiary/aromatic N) is 7. The summed E-state index contributed by atoms with van der Waals surface area (Å²) in [5, 5.41) is 4.59. The zero-order valence-electron chi connectivity index (χ0n) is 18.2. The van der Waals surface area contributed by atoms with Gasteiger partial charge in [0, 0.05) is 56.2 Å². The van der Waals surface area contributed by atoms with Gasteiger partial charge in [0.2, 0.25) is 17.8 Å². The minimum absolute atomic E-state index is 0.495. The van der Waals surface area contributed by atoms with Crippen molar-refractivity contribution >= 4 is 52.6 Å². The van der Waals surface area contributed by atoms with Crippen LogP contribution in [0.4, 0.5) is 29.4 Å². The third-order valence-corrected chi connectivity index (χ3v) is 5.87. The fraction of sp³-hybridized carbons (Fsp3) is 0.364. The van der Waals surface area contributed by atoms with Gasteiger partial charge in [-0.05, 0) is 44.2 Å². The third-order valence-electron chi connectivity index (χ3n) is 5.34. The molecular weight excluding hydrogens is 447 g/mol. The summed E-state index contributed by atoms with van der Waals surface area (Å²) in [5.41, 5.74) is 0.828. The summed E-state index contributed by atoms with van der Waals surface area (Å²) in [6.45, 7) is 8.86. The van der Waals surface area contributed by atoms with Gasteiger partial charge in [-0.1, -0.05) is 29.3 Å². The number of benzene rings is 1. The van der Waals surface area contributed by atoms with Gasteiger partial charge in [-0.15, -0.1) is 0 Å². The number of piperazine rings is 1. The maximum Gasteiger partial charge on any atom is 0.233 e. The number of aromatic nitrogens is 4. The van der Waals surface area contributed by atoms with Crippen LogP contribution in [0.2, 0.25) is 10.0 Å². The van der Waals surface area contributed by atoms with E-state index in [9.17, 15) is 0 Å². The number of hydrogen-bond donors (Lipinski definition) is 1. The molecule has 4 rings (SSSR count). The molecule has 8 nitrogen and oxygen atoms in total. The van der Waals surface area contributed by atoms with Crippen molar-refractivity contribution in [3.63, 3.8) is 0 Å². The Morgan fingerprint density at radius 2 is 1.69 bits per heavy atom. The lowest BCUT2D eigenvalue weighted by Gasteiger charge is -2.36. The van der Waals surface area contributed by atoms with E-state index in [-0.39, 0.29) is 0 Å². The lowest BCUT2D eigenvalue weighted by molar-refractivity contribution is 0.632. The molecule has 32 heavy (non-hydrogen) atoms. The summed E-state index contributed by atoms with van der Waals surface area (Å²) in [4.78, 5) is 25.0. The van der Waals surface area contributed by atoms with Crippen LogP contribution in [0, 0.1) is 0 Å². The molecule has 168 valence electrons. The zero-order chi connectivity index (χ0) is 22.5. The van der Waals surface area contributed by atoms with E-state index in [1.54, 1.807) is 6.20 Å². The summed E-state index contributed by atoms with van der Waals surface area (Å²) >= 11 is 12.5. The lowest BCUT2D eigenvalue weighted by atomic mass is 10.3. The van der Waals surface area contributed by atoms with Gasteiger partial charge in [-0.25, -0.2) is 4.98 Å². The van der Waals surface area contributed by atoms with Gasteiger partial charge in [0.1, 0.15) is 5.82 Å². The molecule has 3 aromatic rings. The molecule has 0 spiro atoms. The van der Waals surface area contributed by atoms with Gasteiger partial charge >= 0.3 is 0 Å². The van der Waals surface area contributed by atoms with Crippen LogP contribution in [-0.4, -0.2) is 59.2 Å². The Balaban J connectivity index is 1.57. The molecule has 0 unspecified atom stereocenters. The van der Waals surface area contributed by atoms with Crippen molar-refractivity contribution in [2.45, 2.75) is 13.8 Å². The highest BCUT2D eigenvalue weighted by atomic mass is 35.5. The van der Waals surface area contributed by atoms with Crippen LogP contribution >= 0.6 is 23.2 Å². The first kappa shape index (κ1) is 22.4. The van der Waals surface area contributed by atoms with Gasteiger partial charge < -0.3 is 20.0 Å². The van der Waals surface area contributed by atoms with E-state index < -0.39 is 0 Å². The molecule has 0 atom stereocenters. The monoisotopic (exact) mass is 472 g/mol. The van der Waals surface area contributed by atoms with Crippen molar-refractivity contribution in [1.82, 2.24) is 19.9 Å². The standard InChI is InChI=1S/C22H26Cl2N8/c1-3-30(4-2)21-27-20(26-17-8-5-7-16(23)15-17)28-22(29-21)32-13-11-31(12-14-32)19-18(24)9-6-10-25-19/h5-10,15H,3-4,11-14H2,1-2H3,(H,26,27,28,29). The van der Waals surface area contributed by atoms with Crippen molar-refractivity contribution in [2.75, 3.05) is 59.3 Å². The van der Waals surface area contributed by atoms with Gasteiger partial charge in [0.25, 0.3) is 0 Å². The SMILES string of the molecule is CCN(CC)c1nc(Nc2cccc(Cl)c2)nc(N2CCN(c3ncccc3Cl)CC2)n1. The second kappa shape index (κ2) is 10.2. The topological polar surface area (TPSA) is 73.3 Å². The normalized spacial score (nSPS) is 13.9. The van der Waals surface area contributed by atoms with Crippen LogP contribution in [0.25, 0.3) is 0 Å². The molecule has 1 aliphatic heterocycles. The molecule has 1 aromatic carbocycles. The molecular formula is C22H26Cl2N8. The number of anilines is 5. The van der Waals surface area contributed by atoms with Crippen LogP contribution < -0.4 is 20.0 Å². The molecule has 0 aliphatic carbocycles. The van der Waals surface area contributed by atoms with Crippen LogP contribution in [0.5, 0.6) is 0 Å². The van der Waals surface area contributed by atoms with Gasteiger partial charge in [0.05, 0.1) is 5.02 Å². The number of rotatable bonds is 7. The van der Waals surface area contributed by atoms with Crippen LogP contribution in [0.15, 0.2) is 42.6 Å². The van der Waals surface area contributed by atoms with Gasteiger partial charge in [-0.2, -0.15) is 15.0 Å². The van der Waals surface area contributed by atoms with E-state index >= 15 is 0 Å². The highest BCUT2D eigenvalue weighted by Gasteiger charge is 2.23. The number of halogens is 2. The first-order chi connectivity index (χ1) is 15.6. The van der Waals surface area contributed by atoms with E-state index in [1.165, 1.54) is 0 Å². The summed E-state index contributed by atoms with van der Waals surface area (Å²) in [6.07, 6.45) is 1.77. The maximum atomic E-state index is 6.33. The Bertz CT molecular complexity index is 1050. The van der Waals surface area contributed by atoms with E-state index in [1.807, 2.05) is 36.4 Å². The molecule has 1 N–H and O–H groups in total. The van der Waals surface area contributed by atoms with Crippen LogP contribution in [0.1, 0.15) is 13.8 Å². The van der Waals surface area contributed by atoms with Crippen molar-refractivity contribution < 1.29 is 0 Å². The van der Waals surface area contributed by atoms with Crippen LogP contribution in [-0.2, 0) is 0 Å². The Kier molecular flexibility index (Phi) is 7.12. The Labute approximate surface area is 198 Å². The highest BCUT2D eigenvalue weighted by Crippen LogP contribution is 2.26. The average Bonchev–Trinajstić information content (AvgIpc) is 2.80. The maximum absolute atomic E-state index is 6.33. The summed E-state index contributed by atoms with van der Waals surface area (Å²) < 4.78 is 0. The molecule has 1 saturated heterocycles. The summed E-state index contributed by atoms with van der Waals surface area (Å²) in [7, 11) is 0. The summed E-state index contributed by atoms with van der Waals surface area (Å²) in [5.74, 6) is 2.61. The lowest BCUT2D eigenvalue weighted by Crippen LogP contribution is -2.47. The van der Waals surface area contributed by atoms with E-state index in [0.29, 0.717) is 27.9 Å². The third kappa shape index (κ3) is 5.14. The molecule has 0 saturated carbocycles. The molecule has 0 amide bonds. The van der Waals surface area contributed by atoms with Crippen molar-refractivity contribution in [3.05, 3.63) is 52.6 Å². The molecule has 1 aliphatic rings. The average molecular weight is 473 g/mol. The fourth-order valence-electron chi connectivity index (χ4n) is 3.62. The van der Waals surface area contributed by atoms with Crippen LogP contribution in [0.3, 0.4) is 0 Å². The van der Waals surface area contributed by atoms with E-state index in [4.69, 9.17) is 33.2 Å². The first-order valence-electron chi connectivity index (χ1n) is 10.7. The van der Waals surface area contributed by atoms with Crippen molar-refractivity contribution in [3.8, 4) is 0 Å². The number of pyridine rings is 1. The minimum atomic E-state index is 0.495. The molecule has 0 radical (unpaired) electrons.